The summed E-state index contributed by atoms with van der Waals surface area (Å²) < 4.78 is 0.841. The van der Waals surface area contributed by atoms with Crippen LogP contribution in [0.15, 0.2) is 28.7 Å². The van der Waals surface area contributed by atoms with Gasteiger partial charge in [0.2, 0.25) is 5.91 Å². The van der Waals surface area contributed by atoms with Crippen molar-refractivity contribution < 1.29 is 9.59 Å². The normalized spacial score (nSPS) is 15.5. The van der Waals surface area contributed by atoms with Crippen molar-refractivity contribution >= 4 is 27.7 Å². The van der Waals surface area contributed by atoms with Crippen LogP contribution in [-0.2, 0) is 4.79 Å². The maximum atomic E-state index is 12.1. The Balaban J connectivity index is 1.84. The minimum Gasteiger partial charge on any atom is -0.343 e. The summed E-state index contributed by atoms with van der Waals surface area (Å²) in [7, 11) is 1.81. The first kappa shape index (κ1) is 16.0. The molecule has 0 unspecified atom stereocenters. The molecule has 0 aromatic heterocycles. The first-order chi connectivity index (χ1) is 10.1. The topological polar surface area (TPSA) is 61.4 Å². The van der Waals surface area contributed by atoms with Gasteiger partial charge in [-0.2, -0.15) is 0 Å². The zero-order chi connectivity index (χ0) is 15.2. The highest BCUT2D eigenvalue weighted by Crippen LogP contribution is 2.12. The Morgan fingerprint density at radius 2 is 2.10 bits per heavy atom. The number of likely N-dealkylation sites (N-methyl/N-ethyl adjacent to an activating group) is 1. The van der Waals surface area contributed by atoms with Crippen LogP contribution in [0.3, 0.4) is 0 Å². The van der Waals surface area contributed by atoms with Crippen molar-refractivity contribution in [1.82, 2.24) is 15.5 Å². The average molecular weight is 354 g/mol. The second-order valence-corrected chi connectivity index (χ2v) is 6.09. The molecule has 2 amide bonds. The summed E-state index contributed by atoms with van der Waals surface area (Å²) in [6, 6.07) is 7.37. The molecule has 1 fully saturated rings. The third-order valence-corrected chi connectivity index (χ3v) is 4.23. The number of nitrogens with zero attached hydrogens (tertiary/aromatic N) is 1. The molecule has 2 rings (SSSR count). The largest absolute Gasteiger partial charge is 0.343 e. The van der Waals surface area contributed by atoms with Crippen molar-refractivity contribution in [3.63, 3.8) is 0 Å². The standard InChI is InChI=1S/C15H20BrN3O2/c1-19(13-5-7-17-8-6-13)14(20)10-18-15(21)11-3-2-4-12(16)9-11/h2-4,9,13,17H,5-8,10H2,1H3,(H,18,21). The highest BCUT2D eigenvalue weighted by atomic mass is 79.9. The minimum atomic E-state index is -0.233. The molecule has 1 aliphatic rings. The quantitative estimate of drug-likeness (QED) is 0.859. The van der Waals surface area contributed by atoms with Gasteiger partial charge in [-0.1, -0.05) is 22.0 Å². The molecule has 0 spiro atoms. The van der Waals surface area contributed by atoms with Crippen molar-refractivity contribution in [1.29, 1.82) is 0 Å². The first-order valence-electron chi connectivity index (χ1n) is 7.08. The Morgan fingerprint density at radius 3 is 2.76 bits per heavy atom. The summed E-state index contributed by atoms with van der Waals surface area (Å²) in [5, 5.41) is 5.95. The van der Waals surface area contributed by atoms with Gasteiger partial charge in [0.1, 0.15) is 0 Å². The van der Waals surface area contributed by atoms with Gasteiger partial charge in [0.05, 0.1) is 6.54 Å². The number of hydrogen-bond acceptors (Lipinski definition) is 3. The average Bonchev–Trinajstić information content (AvgIpc) is 2.52. The maximum Gasteiger partial charge on any atom is 0.251 e. The van der Waals surface area contributed by atoms with Crippen LogP contribution in [0.2, 0.25) is 0 Å². The summed E-state index contributed by atoms with van der Waals surface area (Å²) in [6.07, 6.45) is 1.92. The molecule has 0 radical (unpaired) electrons. The highest BCUT2D eigenvalue weighted by Gasteiger charge is 2.22. The second-order valence-electron chi connectivity index (χ2n) is 5.18. The fraction of sp³-hybridized carbons (Fsp3) is 0.467. The van der Waals surface area contributed by atoms with Crippen LogP contribution in [0.1, 0.15) is 23.2 Å². The number of carbonyl (C=O) groups is 2. The molecule has 0 saturated carbocycles. The van der Waals surface area contributed by atoms with E-state index in [4.69, 9.17) is 0 Å². The third-order valence-electron chi connectivity index (χ3n) is 3.74. The smallest absolute Gasteiger partial charge is 0.251 e. The SMILES string of the molecule is CN(C(=O)CNC(=O)c1cccc(Br)c1)C1CCNCC1. The predicted octanol–water partition coefficient (Wildman–Crippen LogP) is 1.39. The molecule has 5 nitrogen and oxygen atoms in total. The molecule has 1 saturated heterocycles. The van der Waals surface area contributed by atoms with E-state index in [9.17, 15) is 9.59 Å². The van der Waals surface area contributed by atoms with E-state index < -0.39 is 0 Å². The molecule has 6 heteroatoms. The van der Waals surface area contributed by atoms with Crippen LogP contribution in [0.5, 0.6) is 0 Å². The summed E-state index contributed by atoms with van der Waals surface area (Å²) in [5.41, 5.74) is 0.543. The number of halogens is 1. The van der Waals surface area contributed by atoms with Gasteiger partial charge >= 0.3 is 0 Å². The number of piperidine rings is 1. The van der Waals surface area contributed by atoms with E-state index in [1.165, 1.54) is 0 Å². The third kappa shape index (κ3) is 4.54. The number of rotatable bonds is 4. The van der Waals surface area contributed by atoms with Gasteiger partial charge in [-0.05, 0) is 44.1 Å². The fourth-order valence-corrected chi connectivity index (χ4v) is 2.81. The van der Waals surface area contributed by atoms with Gasteiger partial charge in [-0.25, -0.2) is 0 Å². The fourth-order valence-electron chi connectivity index (χ4n) is 2.41. The Kier molecular flexibility index (Phi) is 5.76. The maximum absolute atomic E-state index is 12.1. The number of carbonyl (C=O) groups excluding carboxylic acids is 2. The van der Waals surface area contributed by atoms with E-state index in [-0.39, 0.29) is 24.4 Å². The molecule has 0 atom stereocenters. The van der Waals surface area contributed by atoms with Crippen molar-refractivity contribution in [2.75, 3.05) is 26.7 Å². The minimum absolute atomic E-state index is 0.0335. The van der Waals surface area contributed by atoms with Crippen LogP contribution < -0.4 is 10.6 Å². The summed E-state index contributed by atoms with van der Waals surface area (Å²) in [4.78, 5) is 25.9. The van der Waals surface area contributed by atoms with Gasteiger partial charge in [0.15, 0.2) is 0 Å². The van der Waals surface area contributed by atoms with Crippen molar-refractivity contribution in [3.8, 4) is 0 Å². The summed E-state index contributed by atoms with van der Waals surface area (Å²) in [5.74, 6) is -0.284. The lowest BCUT2D eigenvalue weighted by atomic mass is 10.1. The van der Waals surface area contributed by atoms with Crippen molar-refractivity contribution in [3.05, 3.63) is 34.3 Å². The molecular formula is C15H20BrN3O2. The van der Waals surface area contributed by atoms with E-state index >= 15 is 0 Å². The molecule has 1 aromatic carbocycles. The van der Waals surface area contributed by atoms with Crippen molar-refractivity contribution in [2.45, 2.75) is 18.9 Å². The summed E-state index contributed by atoms with van der Waals surface area (Å²) in [6.45, 7) is 1.91. The van der Waals surface area contributed by atoms with Gasteiger partial charge in [0, 0.05) is 23.1 Å². The zero-order valence-corrected chi connectivity index (χ0v) is 13.6. The van der Waals surface area contributed by atoms with Gasteiger partial charge in [0.25, 0.3) is 5.91 Å². The van der Waals surface area contributed by atoms with E-state index in [0.717, 1.165) is 30.4 Å². The van der Waals surface area contributed by atoms with Crippen LogP contribution in [0.25, 0.3) is 0 Å². The number of hydrogen-bond donors (Lipinski definition) is 2. The summed E-state index contributed by atoms with van der Waals surface area (Å²) >= 11 is 3.32. The Bertz CT molecular complexity index is 515. The van der Waals surface area contributed by atoms with Gasteiger partial charge in [-0.15, -0.1) is 0 Å². The van der Waals surface area contributed by atoms with Crippen LogP contribution in [0.4, 0.5) is 0 Å². The number of nitrogens with one attached hydrogen (secondary N) is 2. The van der Waals surface area contributed by atoms with Gasteiger partial charge < -0.3 is 15.5 Å². The lowest BCUT2D eigenvalue weighted by molar-refractivity contribution is -0.131. The molecule has 1 aliphatic heterocycles. The van der Waals surface area contributed by atoms with Crippen molar-refractivity contribution in [2.24, 2.45) is 0 Å². The lowest BCUT2D eigenvalue weighted by Gasteiger charge is -2.31. The van der Waals surface area contributed by atoms with Crippen LogP contribution in [0, 0.1) is 0 Å². The first-order valence-corrected chi connectivity index (χ1v) is 7.87. The number of amides is 2. The Hall–Kier alpha value is -1.40. The lowest BCUT2D eigenvalue weighted by Crippen LogP contribution is -2.47. The molecular weight excluding hydrogens is 334 g/mol. The van der Waals surface area contributed by atoms with Crippen LogP contribution in [-0.4, -0.2) is 49.4 Å². The van der Waals surface area contributed by atoms with E-state index in [1.54, 1.807) is 23.1 Å². The molecule has 1 aromatic rings. The Morgan fingerprint density at radius 1 is 1.38 bits per heavy atom. The molecule has 1 heterocycles. The van der Waals surface area contributed by atoms with E-state index in [2.05, 4.69) is 26.6 Å². The van der Waals surface area contributed by atoms with Crippen LogP contribution >= 0.6 is 15.9 Å². The van der Waals surface area contributed by atoms with Gasteiger partial charge in [-0.3, -0.25) is 9.59 Å². The zero-order valence-electron chi connectivity index (χ0n) is 12.1. The Labute approximate surface area is 133 Å². The predicted molar refractivity (Wildman–Crippen MR) is 85.1 cm³/mol. The second kappa shape index (κ2) is 7.56. The molecule has 0 aliphatic carbocycles. The molecule has 0 bridgehead atoms. The molecule has 21 heavy (non-hydrogen) atoms. The van der Waals surface area contributed by atoms with E-state index in [1.807, 2.05) is 13.1 Å². The number of benzene rings is 1. The molecule has 114 valence electrons. The molecule has 2 N–H and O–H groups in total. The monoisotopic (exact) mass is 353 g/mol. The van der Waals surface area contributed by atoms with E-state index in [0.29, 0.717) is 5.56 Å². The highest BCUT2D eigenvalue weighted by molar-refractivity contribution is 9.10.